The highest BCUT2D eigenvalue weighted by atomic mass is 16.2. The van der Waals surface area contributed by atoms with Gasteiger partial charge in [-0.25, -0.2) is 10.5 Å². The zero-order valence-corrected chi connectivity index (χ0v) is 9.63. The number of rotatable bonds is 4. The topological polar surface area (TPSA) is 85.8 Å². The van der Waals surface area contributed by atoms with Gasteiger partial charge in [-0.2, -0.15) is 0 Å². The van der Waals surface area contributed by atoms with E-state index in [-0.39, 0.29) is 5.91 Å². The Morgan fingerprint density at radius 2 is 2.29 bits per heavy atom. The van der Waals surface area contributed by atoms with Gasteiger partial charge < -0.3 is 0 Å². The van der Waals surface area contributed by atoms with Crippen LogP contribution in [0, 0.1) is 0 Å². The van der Waals surface area contributed by atoms with Gasteiger partial charge >= 0.3 is 0 Å². The maximum atomic E-state index is 11.7. The number of amides is 1. The van der Waals surface area contributed by atoms with Crippen molar-refractivity contribution in [2.75, 3.05) is 0 Å². The molecule has 6 nitrogen and oxygen atoms in total. The summed E-state index contributed by atoms with van der Waals surface area (Å²) < 4.78 is 1.63. The summed E-state index contributed by atoms with van der Waals surface area (Å²) in [5, 5.41) is 8.06. The number of carbonyl (C=O) groups is 1. The molecule has 0 aliphatic carbocycles. The van der Waals surface area contributed by atoms with Gasteiger partial charge in [0.05, 0.1) is 5.52 Å². The van der Waals surface area contributed by atoms with Crippen LogP contribution >= 0.6 is 0 Å². The molecule has 0 aliphatic rings. The Morgan fingerprint density at radius 1 is 1.53 bits per heavy atom. The Labute approximate surface area is 98.8 Å². The summed E-state index contributed by atoms with van der Waals surface area (Å²) in [6, 6.07) is 7.13. The minimum Gasteiger partial charge on any atom is -0.292 e. The first kappa shape index (κ1) is 11.5. The van der Waals surface area contributed by atoms with Crippen molar-refractivity contribution in [3.63, 3.8) is 0 Å². The summed E-state index contributed by atoms with van der Waals surface area (Å²) in [7, 11) is 0. The standard InChI is InChI=1S/C11H15N5O/c1-2-5-10(11(17)13-12)16-9-7-4-3-6-8(9)14-15-16/h3-4,6-7,10H,2,5,12H2,1H3,(H,13,17). The van der Waals surface area contributed by atoms with Crippen molar-refractivity contribution in [3.8, 4) is 0 Å². The molecule has 0 bridgehead atoms. The van der Waals surface area contributed by atoms with Crippen LogP contribution in [-0.4, -0.2) is 20.9 Å². The minimum absolute atomic E-state index is 0.248. The number of nitrogens with two attached hydrogens (primary N) is 1. The predicted octanol–water partition coefficient (Wildman–Crippen LogP) is 0.762. The summed E-state index contributed by atoms with van der Waals surface area (Å²) in [5.74, 6) is 4.94. The Balaban J connectivity index is 2.45. The zero-order valence-electron chi connectivity index (χ0n) is 9.63. The van der Waals surface area contributed by atoms with Crippen LogP contribution in [-0.2, 0) is 4.79 Å². The first-order chi connectivity index (χ1) is 8.27. The van der Waals surface area contributed by atoms with Crippen molar-refractivity contribution in [3.05, 3.63) is 24.3 Å². The van der Waals surface area contributed by atoms with Crippen LogP contribution < -0.4 is 11.3 Å². The summed E-state index contributed by atoms with van der Waals surface area (Å²) in [4.78, 5) is 11.7. The third-order valence-corrected chi connectivity index (χ3v) is 2.68. The van der Waals surface area contributed by atoms with E-state index < -0.39 is 6.04 Å². The van der Waals surface area contributed by atoms with Gasteiger partial charge in [0, 0.05) is 0 Å². The Morgan fingerprint density at radius 3 is 3.00 bits per heavy atom. The SMILES string of the molecule is CCCC(C(=O)NN)n1nnc2ccccc21. The number of para-hydroxylation sites is 1. The number of aromatic nitrogens is 3. The molecule has 0 saturated heterocycles. The Kier molecular flexibility index (Phi) is 3.34. The molecule has 2 rings (SSSR count). The summed E-state index contributed by atoms with van der Waals surface area (Å²) in [6.07, 6.45) is 1.54. The van der Waals surface area contributed by atoms with Crippen molar-refractivity contribution in [1.29, 1.82) is 0 Å². The van der Waals surface area contributed by atoms with Crippen molar-refractivity contribution in [2.45, 2.75) is 25.8 Å². The highest BCUT2D eigenvalue weighted by Crippen LogP contribution is 2.19. The molecular formula is C11H15N5O. The molecule has 1 aromatic heterocycles. The smallest absolute Gasteiger partial charge is 0.258 e. The number of fused-ring (bicyclic) bond motifs is 1. The molecule has 0 radical (unpaired) electrons. The van der Waals surface area contributed by atoms with Gasteiger partial charge in [-0.1, -0.05) is 30.7 Å². The van der Waals surface area contributed by atoms with Gasteiger partial charge in [0.2, 0.25) is 0 Å². The monoisotopic (exact) mass is 233 g/mol. The minimum atomic E-state index is -0.405. The normalized spacial score (nSPS) is 12.6. The van der Waals surface area contributed by atoms with Gasteiger partial charge in [-0.3, -0.25) is 10.2 Å². The lowest BCUT2D eigenvalue weighted by Crippen LogP contribution is -2.37. The molecule has 1 amide bonds. The van der Waals surface area contributed by atoms with E-state index in [0.29, 0.717) is 6.42 Å². The first-order valence-corrected chi connectivity index (χ1v) is 5.58. The van der Waals surface area contributed by atoms with E-state index in [1.165, 1.54) is 0 Å². The number of carbonyl (C=O) groups excluding carboxylic acids is 1. The molecule has 1 atom stereocenters. The molecule has 1 unspecified atom stereocenters. The van der Waals surface area contributed by atoms with Crippen LogP contribution in [0.25, 0.3) is 11.0 Å². The molecule has 17 heavy (non-hydrogen) atoms. The van der Waals surface area contributed by atoms with Crippen LogP contribution in [0.5, 0.6) is 0 Å². The molecule has 0 fully saturated rings. The molecule has 0 saturated carbocycles. The lowest BCUT2D eigenvalue weighted by molar-refractivity contribution is -0.124. The fourth-order valence-corrected chi connectivity index (χ4v) is 1.85. The van der Waals surface area contributed by atoms with E-state index in [1.807, 2.05) is 31.2 Å². The second-order valence-corrected chi connectivity index (χ2v) is 3.84. The number of hydrazine groups is 1. The second kappa shape index (κ2) is 4.92. The third-order valence-electron chi connectivity index (χ3n) is 2.68. The van der Waals surface area contributed by atoms with Gasteiger partial charge in [-0.15, -0.1) is 5.10 Å². The molecule has 2 aromatic rings. The number of hydrogen-bond acceptors (Lipinski definition) is 4. The average molecular weight is 233 g/mol. The number of nitrogens with zero attached hydrogens (tertiary/aromatic N) is 3. The van der Waals surface area contributed by atoms with Crippen molar-refractivity contribution in [2.24, 2.45) is 5.84 Å². The largest absolute Gasteiger partial charge is 0.292 e. The second-order valence-electron chi connectivity index (χ2n) is 3.84. The van der Waals surface area contributed by atoms with E-state index in [4.69, 9.17) is 5.84 Å². The quantitative estimate of drug-likeness (QED) is 0.464. The van der Waals surface area contributed by atoms with Crippen LogP contribution in [0.15, 0.2) is 24.3 Å². The molecule has 1 heterocycles. The van der Waals surface area contributed by atoms with Crippen molar-refractivity contribution >= 4 is 16.9 Å². The number of benzene rings is 1. The maximum absolute atomic E-state index is 11.7. The molecule has 6 heteroatoms. The van der Waals surface area contributed by atoms with E-state index in [1.54, 1.807) is 4.68 Å². The molecule has 0 aliphatic heterocycles. The van der Waals surface area contributed by atoms with Crippen LogP contribution in [0.1, 0.15) is 25.8 Å². The van der Waals surface area contributed by atoms with Gasteiger partial charge in [0.25, 0.3) is 5.91 Å². The molecule has 0 spiro atoms. The third kappa shape index (κ3) is 2.12. The molecular weight excluding hydrogens is 218 g/mol. The fraction of sp³-hybridized carbons (Fsp3) is 0.364. The lowest BCUT2D eigenvalue weighted by atomic mass is 10.1. The summed E-state index contributed by atoms with van der Waals surface area (Å²) in [5.41, 5.74) is 3.79. The zero-order chi connectivity index (χ0) is 12.3. The first-order valence-electron chi connectivity index (χ1n) is 5.58. The van der Waals surface area contributed by atoms with Crippen LogP contribution in [0.4, 0.5) is 0 Å². The fourth-order valence-electron chi connectivity index (χ4n) is 1.85. The summed E-state index contributed by atoms with van der Waals surface area (Å²) >= 11 is 0. The number of nitrogens with one attached hydrogen (secondary N) is 1. The van der Waals surface area contributed by atoms with E-state index >= 15 is 0 Å². The average Bonchev–Trinajstić information content (AvgIpc) is 2.79. The molecule has 90 valence electrons. The highest BCUT2D eigenvalue weighted by Gasteiger charge is 2.21. The van der Waals surface area contributed by atoms with E-state index in [2.05, 4.69) is 15.7 Å². The van der Waals surface area contributed by atoms with Crippen molar-refractivity contribution < 1.29 is 4.79 Å². The Bertz CT molecular complexity index is 521. The van der Waals surface area contributed by atoms with Crippen LogP contribution in [0.2, 0.25) is 0 Å². The Hall–Kier alpha value is -1.95. The van der Waals surface area contributed by atoms with Gasteiger partial charge in [0.15, 0.2) is 0 Å². The van der Waals surface area contributed by atoms with Crippen LogP contribution in [0.3, 0.4) is 0 Å². The van der Waals surface area contributed by atoms with Gasteiger partial charge in [-0.05, 0) is 18.6 Å². The predicted molar refractivity (Wildman–Crippen MR) is 63.8 cm³/mol. The van der Waals surface area contributed by atoms with Gasteiger partial charge in [0.1, 0.15) is 11.6 Å². The summed E-state index contributed by atoms with van der Waals surface area (Å²) in [6.45, 7) is 2.01. The lowest BCUT2D eigenvalue weighted by Gasteiger charge is -2.14. The number of hydrogen-bond donors (Lipinski definition) is 2. The van der Waals surface area contributed by atoms with Crippen molar-refractivity contribution in [1.82, 2.24) is 20.4 Å². The maximum Gasteiger partial charge on any atom is 0.258 e. The molecule has 1 aromatic carbocycles. The highest BCUT2D eigenvalue weighted by molar-refractivity contribution is 5.82. The van der Waals surface area contributed by atoms with E-state index in [0.717, 1.165) is 17.5 Å². The van der Waals surface area contributed by atoms with E-state index in [9.17, 15) is 4.79 Å². The molecule has 3 N–H and O–H groups in total.